The lowest BCUT2D eigenvalue weighted by Crippen LogP contribution is -2.29. The SMILES string of the molecule is C=C(C)C(=O)OC(Br)C(O)(Br)Br. The molecule has 0 radical (unpaired) electrons. The van der Waals surface area contributed by atoms with E-state index in [9.17, 15) is 9.90 Å². The molecule has 0 aromatic carbocycles. The minimum absolute atomic E-state index is 0.267. The van der Waals surface area contributed by atoms with Crippen molar-refractivity contribution in [2.45, 2.75) is 15.4 Å². The second-order valence-corrected chi connectivity index (χ2v) is 6.40. The van der Waals surface area contributed by atoms with Gasteiger partial charge in [0.05, 0.1) is 0 Å². The van der Waals surface area contributed by atoms with Gasteiger partial charge in [-0.25, -0.2) is 4.79 Å². The second-order valence-electron chi connectivity index (χ2n) is 2.09. The maximum absolute atomic E-state index is 10.9. The van der Waals surface area contributed by atoms with Gasteiger partial charge in [0.15, 0.2) is 0 Å². The van der Waals surface area contributed by atoms with Crippen LogP contribution in [0.4, 0.5) is 0 Å². The van der Waals surface area contributed by atoms with E-state index in [4.69, 9.17) is 4.74 Å². The zero-order valence-corrected chi connectivity index (χ0v) is 10.9. The van der Waals surface area contributed by atoms with Crippen LogP contribution in [-0.4, -0.2) is 19.5 Å². The first-order valence-electron chi connectivity index (χ1n) is 2.86. The standard InChI is InChI=1S/C6H7Br3O3/c1-3(2)4(10)12-5(7)6(8,9)11/h5,11H,1H2,2H3. The highest BCUT2D eigenvalue weighted by atomic mass is 79.9. The first-order chi connectivity index (χ1) is 5.25. The van der Waals surface area contributed by atoms with E-state index >= 15 is 0 Å². The molecule has 0 rings (SSSR count). The molecule has 6 heteroatoms. The Balaban J connectivity index is 4.11. The van der Waals surface area contributed by atoms with Crippen molar-refractivity contribution in [2.75, 3.05) is 0 Å². The third kappa shape index (κ3) is 4.59. The highest BCUT2D eigenvalue weighted by Crippen LogP contribution is 2.32. The summed E-state index contributed by atoms with van der Waals surface area (Å²) in [4.78, 5) is 10.9. The fraction of sp³-hybridized carbons (Fsp3) is 0.500. The summed E-state index contributed by atoms with van der Waals surface area (Å²) in [5.41, 5.74) is 0.267. The molecule has 0 saturated carbocycles. The average Bonchev–Trinajstić information content (AvgIpc) is 1.85. The van der Waals surface area contributed by atoms with Crippen molar-refractivity contribution >= 4 is 53.8 Å². The molecule has 0 aliphatic carbocycles. The van der Waals surface area contributed by atoms with Gasteiger partial charge in [-0.2, -0.15) is 0 Å². The Bertz CT molecular complexity index is 197. The Labute approximate surface area is 95.5 Å². The average molecular weight is 367 g/mol. The van der Waals surface area contributed by atoms with Crippen molar-refractivity contribution in [1.82, 2.24) is 0 Å². The Morgan fingerprint density at radius 3 is 2.33 bits per heavy atom. The highest BCUT2D eigenvalue weighted by Gasteiger charge is 2.32. The fourth-order valence-corrected chi connectivity index (χ4v) is 0.622. The fourth-order valence-electron chi connectivity index (χ4n) is 0.265. The van der Waals surface area contributed by atoms with Crippen LogP contribution < -0.4 is 0 Å². The molecular formula is C6H7Br3O3. The van der Waals surface area contributed by atoms with Gasteiger partial charge in [0.25, 0.3) is 0 Å². The van der Waals surface area contributed by atoms with Gasteiger partial charge in [-0.15, -0.1) is 0 Å². The molecule has 1 N–H and O–H groups in total. The van der Waals surface area contributed by atoms with Gasteiger partial charge in [-0.1, -0.05) is 6.58 Å². The minimum Gasteiger partial charge on any atom is -0.442 e. The van der Waals surface area contributed by atoms with Crippen molar-refractivity contribution in [1.29, 1.82) is 0 Å². The summed E-state index contributed by atoms with van der Waals surface area (Å²) >= 11 is 8.62. The van der Waals surface area contributed by atoms with Crippen LogP contribution in [0.2, 0.25) is 0 Å². The Kier molecular flexibility index (Phi) is 4.98. The Hall–Kier alpha value is 0.610. The predicted octanol–water partition coefficient (Wildman–Crippen LogP) is 2.26. The molecule has 0 aromatic rings. The first kappa shape index (κ1) is 12.6. The molecule has 0 amide bonds. The monoisotopic (exact) mass is 364 g/mol. The number of hydrogen-bond donors (Lipinski definition) is 1. The Morgan fingerprint density at radius 1 is 1.67 bits per heavy atom. The summed E-state index contributed by atoms with van der Waals surface area (Å²) in [5.74, 6) is -0.575. The molecule has 0 aliphatic rings. The number of carbonyl (C=O) groups is 1. The lowest BCUT2D eigenvalue weighted by molar-refractivity contribution is -0.142. The third-order valence-electron chi connectivity index (χ3n) is 0.832. The summed E-state index contributed by atoms with van der Waals surface area (Å²) < 4.78 is 3.24. The van der Waals surface area contributed by atoms with Gasteiger partial charge in [-0.05, 0) is 54.7 Å². The molecule has 0 aromatic heterocycles. The maximum atomic E-state index is 10.9. The topological polar surface area (TPSA) is 46.5 Å². The number of hydrogen-bond acceptors (Lipinski definition) is 3. The molecule has 0 saturated heterocycles. The largest absolute Gasteiger partial charge is 0.442 e. The van der Waals surface area contributed by atoms with Crippen LogP contribution in [-0.2, 0) is 9.53 Å². The summed E-state index contributed by atoms with van der Waals surface area (Å²) in [6.45, 7) is 4.90. The van der Waals surface area contributed by atoms with E-state index in [2.05, 4.69) is 54.4 Å². The van der Waals surface area contributed by atoms with Crippen molar-refractivity contribution in [3.05, 3.63) is 12.2 Å². The summed E-state index contributed by atoms with van der Waals surface area (Å²) in [6, 6.07) is 0. The van der Waals surface area contributed by atoms with E-state index in [0.29, 0.717) is 0 Å². The molecule has 0 spiro atoms. The number of ether oxygens (including phenoxy) is 1. The van der Waals surface area contributed by atoms with Crippen molar-refractivity contribution in [3.63, 3.8) is 0 Å². The van der Waals surface area contributed by atoms with Gasteiger partial charge < -0.3 is 9.84 Å². The molecule has 12 heavy (non-hydrogen) atoms. The highest BCUT2D eigenvalue weighted by molar-refractivity contribution is 9.26. The molecule has 0 fully saturated rings. The zero-order valence-electron chi connectivity index (χ0n) is 6.18. The first-order valence-corrected chi connectivity index (χ1v) is 5.36. The van der Waals surface area contributed by atoms with Gasteiger partial charge >= 0.3 is 5.97 Å². The van der Waals surface area contributed by atoms with Gasteiger partial charge in [0.1, 0.15) is 0 Å². The molecule has 70 valence electrons. The summed E-state index contributed by atoms with van der Waals surface area (Å²) in [7, 11) is 0. The number of alkyl halides is 3. The second kappa shape index (κ2) is 4.74. The number of rotatable bonds is 3. The van der Waals surface area contributed by atoms with Gasteiger partial charge in [-0.3, -0.25) is 0 Å². The molecule has 3 nitrogen and oxygen atoms in total. The van der Waals surface area contributed by atoms with E-state index in [1.165, 1.54) is 6.92 Å². The lowest BCUT2D eigenvalue weighted by atomic mass is 10.4. The maximum Gasteiger partial charge on any atom is 0.334 e. The number of halogens is 3. The van der Waals surface area contributed by atoms with Crippen molar-refractivity contribution < 1.29 is 14.6 Å². The van der Waals surface area contributed by atoms with Crippen molar-refractivity contribution in [3.8, 4) is 0 Å². The van der Waals surface area contributed by atoms with Gasteiger partial charge in [0, 0.05) is 5.57 Å². The van der Waals surface area contributed by atoms with E-state index in [1.807, 2.05) is 0 Å². The molecule has 0 heterocycles. The van der Waals surface area contributed by atoms with Crippen LogP contribution in [0.25, 0.3) is 0 Å². The smallest absolute Gasteiger partial charge is 0.334 e. The molecular weight excluding hydrogens is 360 g/mol. The van der Waals surface area contributed by atoms with E-state index in [0.717, 1.165) is 0 Å². The minimum atomic E-state index is -1.47. The number of esters is 1. The molecule has 0 aliphatic heterocycles. The van der Waals surface area contributed by atoms with Crippen molar-refractivity contribution in [2.24, 2.45) is 0 Å². The van der Waals surface area contributed by atoms with E-state index in [-0.39, 0.29) is 5.57 Å². The molecule has 0 bridgehead atoms. The van der Waals surface area contributed by atoms with Crippen LogP contribution in [0, 0.1) is 0 Å². The molecule has 1 atom stereocenters. The van der Waals surface area contributed by atoms with Crippen LogP contribution in [0.3, 0.4) is 0 Å². The quantitative estimate of drug-likeness (QED) is 0.473. The third-order valence-corrected chi connectivity index (χ3v) is 3.74. The lowest BCUT2D eigenvalue weighted by Gasteiger charge is -2.19. The normalized spacial score (nSPS) is 13.8. The van der Waals surface area contributed by atoms with E-state index < -0.39 is 14.4 Å². The van der Waals surface area contributed by atoms with Crippen LogP contribution >= 0.6 is 47.8 Å². The summed E-state index contributed by atoms with van der Waals surface area (Å²) in [6.07, 6.45) is 0. The zero-order chi connectivity index (χ0) is 9.94. The Morgan fingerprint density at radius 2 is 2.08 bits per heavy atom. The molecule has 1 unspecified atom stereocenters. The van der Waals surface area contributed by atoms with Crippen LogP contribution in [0.5, 0.6) is 0 Å². The number of carbonyl (C=O) groups excluding carboxylic acids is 1. The predicted molar refractivity (Wildman–Crippen MR) is 56.4 cm³/mol. The van der Waals surface area contributed by atoms with E-state index in [1.54, 1.807) is 0 Å². The van der Waals surface area contributed by atoms with Crippen LogP contribution in [0.1, 0.15) is 6.92 Å². The number of aliphatic hydroxyl groups is 1. The van der Waals surface area contributed by atoms with Gasteiger partial charge in [0.2, 0.25) is 8.43 Å². The summed E-state index contributed by atoms with van der Waals surface area (Å²) in [5, 5.41) is 8.32. The van der Waals surface area contributed by atoms with Crippen LogP contribution in [0.15, 0.2) is 12.2 Å².